The number of rotatable bonds is 25. The monoisotopic (exact) mass is 1150 g/mol. The molecule has 0 radical (unpaired) electrons. The molecule has 6 amide bonds. The van der Waals surface area contributed by atoms with Gasteiger partial charge in [-0.15, -0.1) is 0 Å². The van der Waals surface area contributed by atoms with Gasteiger partial charge in [0.25, 0.3) is 0 Å². The maximum absolute atomic E-state index is 14.5. The smallest absolute Gasteiger partial charge is 0.411 e. The van der Waals surface area contributed by atoms with E-state index in [-0.39, 0.29) is 30.2 Å². The number of ether oxygens (including phenoxy) is 6. The van der Waals surface area contributed by atoms with Crippen molar-refractivity contribution in [1.29, 1.82) is 0 Å². The Kier molecular flexibility index (Phi) is 22.4. The Labute approximate surface area is 485 Å². The third-order valence-corrected chi connectivity index (χ3v) is 12.8. The van der Waals surface area contributed by atoms with Gasteiger partial charge in [0.1, 0.15) is 52.5 Å². The molecular weight excluding hydrogens is 1070 g/mol. The zero-order chi connectivity index (χ0) is 61.6. The molecule has 2 aliphatic rings. The van der Waals surface area contributed by atoms with Crippen LogP contribution in [0.25, 0.3) is 0 Å². The Hall–Kier alpha value is -8.04. The molecule has 2 heterocycles. The number of hydrogen-bond donors (Lipinski definition) is 6. The second kappa shape index (κ2) is 28.3. The summed E-state index contributed by atoms with van der Waals surface area (Å²) in [6, 6.07) is 10.2. The molecule has 1 unspecified atom stereocenters. The van der Waals surface area contributed by atoms with Crippen molar-refractivity contribution in [2.75, 3.05) is 17.2 Å². The first kappa shape index (κ1) is 65.8. The van der Waals surface area contributed by atoms with Crippen LogP contribution in [0.3, 0.4) is 0 Å². The maximum Gasteiger partial charge on any atom is 0.411 e. The van der Waals surface area contributed by atoms with Crippen molar-refractivity contribution >= 4 is 70.9 Å². The highest BCUT2D eigenvalue weighted by atomic mass is 16.6. The lowest BCUT2D eigenvalue weighted by molar-refractivity contribution is -0.157. The van der Waals surface area contributed by atoms with Gasteiger partial charge >= 0.3 is 30.0 Å². The molecule has 0 saturated heterocycles. The first-order valence-corrected chi connectivity index (χ1v) is 28.2. The van der Waals surface area contributed by atoms with Crippen molar-refractivity contribution in [3.05, 3.63) is 82.9 Å². The number of fused-ring (bicyclic) bond motifs is 6. The fraction of sp³-hybridized carbons (Fsp3) is 0.541. The Morgan fingerprint density at radius 2 is 1.07 bits per heavy atom. The molecule has 3 aromatic carbocycles. The molecule has 0 aromatic heterocycles. The molecule has 1 spiro atoms. The molecule has 22 nitrogen and oxygen atoms in total. The molecule has 22 heteroatoms. The molecule has 0 bridgehead atoms. The van der Waals surface area contributed by atoms with E-state index in [9.17, 15) is 47.9 Å². The van der Waals surface area contributed by atoms with Crippen LogP contribution in [0.5, 0.6) is 11.5 Å². The first-order chi connectivity index (χ1) is 38.8. The molecule has 0 aliphatic carbocycles. The van der Waals surface area contributed by atoms with Crippen LogP contribution in [0.2, 0.25) is 0 Å². The predicted molar refractivity (Wildman–Crippen MR) is 306 cm³/mol. The highest BCUT2D eigenvalue weighted by molar-refractivity contribution is 6.02. The molecule has 0 fully saturated rings. The molecule has 3 aromatic rings. The molecule has 452 valence electrons. The molecule has 2 aliphatic heterocycles. The van der Waals surface area contributed by atoms with Gasteiger partial charge in [-0.3, -0.25) is 43.7 Å². The van der Waals surface area contributed by atoms with Gasteiger partial charge in [0.15, 0.2) is 5.60 Å². The van der Waals surface area contributed by atoms with Crippen LogP contribution in [0.15, 0.2) is 60.7 Å². The van der Waals surface area contributed by atoms with Gasteiger partial charge in [-0.05, 0) is 111 Å². The lowest BCUT2D eigenvalue weighted by Gasteiger charge is -2.37. The van der Waals surface area contributed by atoms with Crippen LogP contribution >= 0.6 is 0 Å². The number of carbonyl (C=O) groups excluding carboxylic acids is 10. The summed E-state index contributed by atoms with van der Waals surface area (Å²) in [6.45, 7) is 21.3. The van der Waals surface area contributed by atoms with E-state index in [1.165, 1.54) is 12.1 Å². The minimum absolute atomic E-state index is 0.113. The summed E-state index contributed by atoms with van der Waals surface area (Å²) in [4.78, 5) is 135. The van der Waals surface area contributed by atoms with E-state index in [1.54, 1.807) is 125 Å². The van der Waals surface area contributed by atoms with E-state index >= 15 is 0 Å². The molecular formula is C61H82N6O16. The average Bonchev–Trinajstić information content (AvgIpc) is 1.68. The average molecular weight is 1160 g/mol. The summed E-state index contributed by atoms with van der Waals surface area (Å²) in [5.74, 6) is -7.81. The zero-order valence-corrected chi connectivity index (χ0v) is 50.0. The van der Waals surface area contributed by atoms with Crippen LogP contribution in [0.1, 0.15) is 181 Å². The minimum atomic E-state index is -1.65. The van der Waals surface area contributed by atoms with Crippen LogP contribution in [0.4, 0.5) is 16.2 Å². The highest BCUT2D eigenvalue weighted by Crippen LogP contribution is 2.56. The number of nitrogens with one attached hydrogen (secondary N) is 6. The summed E-state index contributed by atoms with van der Waals surface area (Å²) in [5, 5.41) is 15.6. The topological polar surface area (TPSA) is 298 Å². The first-order valence-electron chi connectivity index (χ1n) is 28.2. The summed E-state index contributed by atoms with van der Waals surface area (Å²) >= 11 is 0. The van der Waals surface area contributed by atoms with Gasteiger partial charge in [0, 0.05) is 53.5 Å². The zero-order valence-electron chi connectivity index (χ0n) is 50.0. The predicted octanol–water partition coefficient (Wildman–Crippen LogP) is 8.30. The minimum Gasteiger partial charge on any atom is -0.460 e. The van der Waals surface area contributed by atoms with E-state index in [2.05, 4.69) is 38.8 Å². The lowest BCUT2D eigenvalue weighted by atomic mass is 9.77. The van der Waals surface area contributed by atoms with Gasteiger partial charge in [-0.1, -0.05) is 71.1 Å². The van der Waals surface area contributed by atoms with Crippen molar-refractivity contribution < 1.29 is 76.4 Å². The van der Waals surface area contributed by atoms with Gasteiger partial charge < -0.3 is 55.0 Å². The van der Waals surface area contributed by atoms with Crippen molar-refractivity contribution in [2.45, 2.75) is 201 Å². The summed E-state index contributed by atoms with van der Waals surface area (Å²) in [7, 11) is 0. The lowest BCUT2D eigenvalue weighted by Crippen LogP contribution is -2.59. The number of esters is 4. The Bertz CT molecular complexity index is 2900. The quantitative estimate of drug-likeness (QED) is 0.0264. The van der Waals surface area contributed by atoms with Crippen LogP contribution < -0.4 is 36.6 Å². The molecule has 5 rings (SSSR count). The molecule has 6 N–H and O–H groups in total. The van der Waals surface area contributed by atoms with E-state index in [0.29, 0.717) is 34.4 Å². The number of amides is 6. The standard InChI is InChI=1S/C61H82N6O16/c1-14-15-16-17-18-21-30-78-57(77)64-38-25-27-42-47(32-38)79-46-31-37(24-26-41(46)61(42)40-23-20-19-22-39(40)56(76)83-61)63-53(73)45(34-50(71)82-60(11,12)13)66-55(75)51(35(2)3)67-52(72)43(28-29-48(69)80-58(5,6)7)65-54(74)44(62-36(4)68)33-49(70)81-59(8,9)10/h19-20,22-27,31-32,35,43-45,51H,14-18,21,28-30,33-34H2,1-13H3,(H,62,68)(H,63,73)(H,64,77)(H,65,74)(H,66,75)(H,67,72)/t43-,44-,45-,51-,61?/m0/s1. The van der Waals surface area contributed by atoms with Crippen molar-refractivity contribution in [2.24, 2.45) is 5.92 Å². The second-order valence-electron chi connectivity index (χ2n) is 24.0. The van der Waals surface area contributed by atoms with E-state index < -0.39 is 131 Å². The fourth-order valence-electron chi connectivity index (χ4n) is 9.27. The number of carbonyl (C=O) groups is 10. The molecule has 0 saturated carbocycles. The van der Waals surface area contributed by atoms with Crippen LogP contribution in [-0.4, -0.2) is 107 Å². The SMILES string of the molecule is CCCCCCCCOC(=O)Nc1ccc2c(c1)Oc1cc(NC(=O)[C@H](CC(=O)OC(C)(C)C)NC(=O)[C@@H](NC(=O)[C@H](CCC(=O)OC(C)(C)C)NC(=O)[C@H](CC(=O)OC(C)(C)C)NC(C)=O)C(C)C)ccc1C21OC(=O)c2ccccc21. The van der Waals surface area contributed by atoms with Crippen molar-refractivity contribution in [3.63, 3.8) is 0 Å². The van der Waals surface area contributed by atoms with Gasteiger partial charge in [0.2, 0.25) is 29.5 Å². The molecule has 83 heavy (non-hydrogen) atoms. The summed E-state index contributed by atoms with van der Waals surface area (Å²) in [5.41, 5.74) is -2.28. The third kappa shape index (κ3) is 19.3. The number of benzene rings is 3. The highest BCUT2D eigenvalue weighted by Gasteiger charge is 2.53. The Morgan fingerprint density at radius 3 is 1.63 bits per heavy atom. The van der Waals surface area contributed by atoms with Gasteiger partial charge in [0.05, 0.1) is 25.0 Å². The Balaban J connectivity index is 1.43. The van der Waals surface area contributed by atoms with E-state index in [4.69, 9.17) is 28.4 Å². The number of hydrogen-bond acceptors (Lipinski definition) is 16. The number of unbranched alkanes of at least 4 members (excludes halogenated alkanes) is 5. The van der Waals surface area contributed by atoms with Crippen LogP contribution in [-0.2, 0) is 67.6 Å². The normalized spacial score (nSPS) is 15.7. The molecule has 5 atom stereocenters. The van der Waals surface area contributed by atoms with Crippen LogP contribution in [0, 0.1) is 5.92 Å². The van der Waals surface area contributed by atoms with Crippen molar-refractivity contribution in [1.82, 2.24) is 21.3 Å². The maximum atomic E-state index is 14.5. The summed E-state index contributed by atoms with van der Waals surface area (Å²) in [6.07, 6.45) is 3.36. The van der Waals surface area contributed by atoms with Crippen molar-refractivity contribution in [3.8, 4) is 11.5 Å². The number of anilines is 2. The third-order valence-electron chi connectivity index (χ3n) is 12.8. The Morgan fingerprint density at radius 1 is 0.566 bits per heavy atom. The fourth-order valence-corrected chi connectivity index (χ4v) is 9.27. The van der Waals surface area contributed by atoms with Gasteiger partial charge in [-0.2, -0.15) is 0 Å². The van der Waals surface area contributed by atoms with Gasteiger partial charge in [-0.25, -0.2) is 9.59 Å². The summed E-state index contributed by atoms with van der Waals surface area (Å²) < 4.78 is 34.6. The van der Waals surface area contributed by atoms with E-state index in [0.717, 1.165) is 39.0 Å². The van der Waals surface area contributed by atoms with E-state index in [1.807, 2.05) is 0 Å². The second-order valence-corrected chi connectivity index (χ2v) is 24.0. The largest absolute Gasteiger partial charge is 0.460 e.